The van der Waals surface area contributed by atoms with Crippen molar-refractivity contribution in [3.63, 3.8) is 0 Å². The fourth-order valence-corrected chi connectivity index (χ4v) is 1.24. The average Bonchev–Trinajstić information content (AvgIpc) is 2.04. The van der Waals surface area contributed by atoms with Gasteiger partial charge in [0.25, 0.3) is 0 Å². The predicted octanol–water partition coefficient (Wildman–Crippen LogP) is 1.31. The van der Waals surface area contributed by atoms with Crippen molar-refractivity contribution in [2.24, 2.45) is 11.8 Å². The number of rotatable bonds is 2. The highest BCUT2D eigenvalue weighted by Gasteiger charge is 2.25. The summed E-state index contributed by atoms with van der Waals surface area (Å²) in [4.78, 5) is 11.2. The molecule has 0 radical (unpaired) electrons. The Morgan fingerprint density at radius 3 is 2.58 bits per heavy atom. The van der Waals surface area contributed by atoms with Crippen LogP contribution in [-0.2, 0) is 4.79 Å². The second-order valence-corrected chi connectivity index (χ2v) is 3.41. The van der Waals surface area contributed by atoms with Gasteiger partial charge in [0.2, 0.25) is 0 Å². The first kappa shape index (κ1) is 9.20. The maximum atomic E-state index is 11.2. The first-order valence-corrected chi connectivity index (χ1v) is 4.19. The summed E-state index contributed by atoms with van der Waals surface area (Å²) in [6.07, 6.45) is 6.21. The summed E-state index contributed by atoms with van der Waals surface area (Å²) in [5, 5.41) is 9.62. The maximum Gasteiger partial charge on any atom is 0.165 e. The molecule has 0 fully saturated rings. The number of aliphatic hydroxyl groups excluding tert-OH is 1. The third kappa shape index (κ3) is 1.83. The monoisotopic (exact) mass is 166 g/mol. The van der Waals surface area contributed by atoms with E-state index in [0.29, 0.717) is 0 Å². The smallest absolute Gasteiger partial charge is 0.165 e. The lowest BCUT2D eigenvalue weighted by molar-refractivity contribution is -0.120. The van der Waals surface area contributed by atoms with E-state index in [1.165, 1.54) is 6.08 Å². The molecule has 0 bridgehead atoms. The van der Waals surface area contributed by atoms with Gasteiger partial charge >= 0.3 is 0 Å². The predicted molar refractivity (Wildman–Crippen MR) is 47.6 cm³/mol. The van der Waals surface area contributed by atoms with Crippen LogP contribution in [0.4, 0.5) is 0 Å². The molecule has 2 heteroatoms. The van der Waals surface area contributed by atoms with Crippen LogP contribution in [0.3, 0.4) is 0 Å². The molecule has 1 aliphatic rings. The minimum Gasteiger partial charge on any atom is -0.392 e. The van der Waals surface area contributed by atoms with Crippen LogP contribution in [0.1, 0.15) is 13.8 Å². The van der Waals surface area contributed by atoms with Crippen molar-refractivity contribution in [1.82, 2.24) is 0 Å². The molecular formula is C10H14O2. The van der Waals surface area contributed by atoms with E-state index in [1.54, 1.807) is 18.2 Å². The van der Waals surface area contributed by atoms with Gasteiger partial charge in [0.1, 0.15) is 0 Å². The number of aliphatic hydroxyl groups is 1. The lowest BCUT2D eigenvalue weighted by Crippen LogP contribution is -2.30. The van der Waals surface area contributed by atoms with Gasteiger partial charge in [-0.3, -0.25) is 4.79 Å². The summed E-state index contributed by atoms with van der Waals surface area (Å²) in [6, 6.07) is 0. The first-order valence-electron chi connectivity index (χ1n) is 4.19. The number of hydrogen-bond donors (Lipinski definition) is 1. The highest BCUT2D eigenvalue weighted by Crippen LogP contribution is 2.18. The van der Waals surface area contributed by atoms with Crippen LogP contribution in [0.25, 0.3) is 0 Å². The molecule has 1 aliphatic carbocycles. The van der Waals surface area contributed by atoms with Crippen LogP contribution >= 0.6 is 0 Å². The third-order valence-corrected chi connectivity index (χ3v) is 2.07. The molecule has 2 nitrogen and oxygen atoms in total. The van der Waals surface area contributed by atoms with Gasteiger partial charge < -0.3 is 5.11 Å². The minimum absolute atomic E-state index is 0.00120. The summed E-state index contributed by atoms with van der Waals surface area (Å²) >= 11 is 0. The van der Waals surface area contributed by atoms with Crippen molar-refractivity contribution < 1.29 is 9.90 Å². The van der Waals surface area contributed by atoms with Crippen molar-refractivity contribution in [1.29, 1.82) is 0 Å². The van der Waals surface area contributed by atoms with Crippen molar-refractivity contribution in [3.8, 4) is 0 Å². The lowest BCUT2D eigenvalue weighted by atomic mass is 9.87. The van der Waals surface area contributed by atoms with Gasteiger partial charge in [0.15, 0.2) is 5.78 Å². The Labute approximate surface area is 72.6 Å². The van der Waals surface area contributed by atoms with E-state index >= 15 is 0 Å². The second kappa shape index (κ2) is 3.68. The van der Waals surface area contributed by atoms with Gasteiger partial charge in [-0.15, -0.1) is 0 Å². The molecule has 2 unspecified atom stereocenters. The van der Waals surface area contributed by atoms with Gasteiger partial charge in [-0.25, -0.2) is 0 Å². The summed E-state index contributed by atoms with van der Waals surface area (Å²) in [5.74, 6) is -0.219. The van der Waals surface area contributed by atoms with Crippen LogP contribution in [0.15, 0.2) is 24.3 Å². The zero-order chi connectivity index (χ0) is 9.14. The minimum atomic E-state index is -0.557. The molecule has 0 heterocycles. The Hall–Kier alpha value is -0.890. The number of allylic oxidation sites excluding steroid dienone is 3. The van der Waals surface area contributed by atoms with Gasteiger partial charge in [-0.1, -0.05) is 32.1 Å². The van der Waals surface area contributed by atoms with Crippen LogP contribution in [0, 0.1) is 11.8 Å². The molecule has 1 rings (SSSR count). The van der Waals surface area contributed by atoms with Crippen molar-refractivity contribution in [2.45, 2.75) is 20.0 Å². The maximum absolute atomic E-state index is 11.2. The summed E-state index contributed by atoms with van der Waals surface area (Å²) in [6.45, 7) is 3.81. The highest BCUT2D eigenvalue weighted by molar-refractivity contribution is 5.94. The van der Waals surface area contributed by atoms with E-state index in [-0.39, 0.29) is 17.6 Å². The number of carbonyl (C=O) groups is 1. The molecule has 0 aromatic rings. The Morgan fingerprint density at radius 1 is 1.42 bits per heavy atom. The zero-order valence-electron chi connectivity index (χ0n) is 7.40. The van der Waals surface area contributed by atoms with E-state index in [2.05, 4.69) is 0 Å². The van der Waals surface area contributed by atoms with Crippen LogP contribution in [-0.4, -0.2) is 17.0 Å². The molecule has 0 spiro atoms. The topological polar surface area (TPSA) is 37.3 Å². The second-order valence-electron chi connectivity index (χ2n) is 3.41. The molecule has 0 aromatic heterocycles. The molecule has 0 saturated heterocycles. The summed E-state index contributed by atoms with van der Waals surface area (Å²) in [5.41, 5.74) is 0. The van der Waals surface area contributed by atoms with E-state index < -0.39 is 6.10 Å². The van der Waals surface area contributed by atoms with E-state index in [4.69, 9.17) is 0 Å². The Bertz CT molecular complexity index is 226. The standard InChI is InChI=1S/C10H14O2/c1-7(2)10(12)8-5-3-4-6-9(8)11/h3-8,10,12H,1-2H3. The van der Waals surface area contributed by atoms with E-state index in [0.717, 1.165) is 0 Å². The molecule has 0 amide bonds. The quantitative estimate of drug-likeness (QED) is 0.671. The molecule has 0 saturated carbocycles. The summed E-state index contributed by atoms with van der Waals surface area (Å²) in [7, 11) is 0. The highest BCUT2D eigenvalue weighted by atomic mass is 16.3. The lowest BCUT2D eigenvalue weighted by Gasteiger charge is -2.21. The van der Waals surface area contributed by atoms with Crippen LogP contribution in [0.5, 0.6) is 0 Å². The van der Waals surface area contributed by atoms with E-state index in [1.807, 2.05) is 13.8 Å². The van der Waals surface area contributed by atoms with Crippen molar-refractivity contribution >= 4 is 5.78 Å². The summed E-state index contributed by atoms with van der Waals surface area (Å²) < 4.78 is 0. The molecule has 66 valence electrons. The van der Waals surface area contributed by atoms with Gasteiger partial charge in [0.05, 0.1) is 12.0 Å². The number of hydrogen-bond acceptors (Lipinski definition) is 2. The fraction of sp³-hybridized carbons (Fsp3) is 0.500. The molecular weight excluding hydrogens is 152 g/mol. The fourth-order valence-electron chi connectivity index (χ4n) is 1.24. The van der Waals surface area contributed by atoms with Gasteiger partial charge in [-0.05, 0) is 12.0 Å². The molecule has 0 aliphatic heterocycles. The normalized spacial score (nSPS) is 25.0. The SMILES string of the molecule is CC(C)C(O)C1C=CC=CC1=O. The van der Waals surface area contributed by atoms with E-state index in [9.17, 15) is 9.90 Å². The Kier molecular flexibility index (Phi) is 2.82. The third-order valence-electron chi connectivity index (χ3n) is 2.07. The van der Waals surface area contributed by atoms with Crippen molar-refractivity contribution in [3.05, 3.63) is 24.3 Å². The molecule has 1 N–H and O–H groups in total. The number of ketones is 1. The Balaban J connectivity index is 2.69. The molecule has 12 heavy (non-hydrogen) atoms. The van der Waals surface area contributed by atoms with Crippen LogP contribution < -0.4 is 0 Å². The first-order chi connectivity index (χ1) is 5.63. The average molecular weight is 166 g/mol. The zero-order valence-corrected chi connectivity index (χ0v) is 7.40. The molecule has 0 aromatic carbocycles. The van der Waals surface area contributed by atoms with Crippen molar-refractivity contribution in [2.75, 3.05) is 0 Å². The molecule has 2 atom stereocenters. The van der Waals surface area contributed by atoms with Gasteiger partial charge in [0, 0.05) is 0 Å². The number of carbonyl (C=O) groups excluding carboxylic acids is 1. The largest absolute Gasteiger partial charge is 0.392 e. The van der Waals surface area contributed by atoms with Crippen LogP contribution in [0.2, 0.25) is 0 Å². The van der Waals surface area contributed by atoms with Gasteiger partial charge in [-0.2, -0.15) is 0 Å². The Morgan fingerprint density at radius 2 is 2.08 bits per heavy atom.